The second kappa shape index (κ2) is 13.6. The minimum atomic E-state index is -0.771. The van der Waals surface area contributed by atoms with Crippen LogP contribution in [0, 0.1) is 38.5 Å². The molecule has 1 N–H and O–H groups in total. The van der Waals surface area contributed by atoms with Crippen LogP contribution >= 0.6 is 0 Å². The fourth-order valence-electron chi connectivity index (χ4n) is 5.94. The highest BCUT2D eigenvalue weighted by atomic mass is 16.5. The van der Waals surface area contributed by atoms with Gasteiger partial charge in [0, 0.05) is 5.56 Å². The van der Waals surface area contributed by atoms with Crippen LogP contribution in [-0.2, 0) is 11.2 Å². The van der Waals surface area contributed by atoms with Gasteiger partial charge in [-0.25, -0.2) is 0 Å². The summed E-state index contributed by atoms with van der Waals surface area (Å²) in [6.07, 6.45) is 12.6. The summed E-state index contributed by atoms with van der Waals surface area (Å²) in [5.41, 5.74) is 3.86. The Balaban J connectivity index is 1.92. The Kier molecular flexibility index (Phi) is 11.4. The van der Waals surface area contributed by atoms with Gasteiger partial charge < -0.3 is 14.6 Å². The number of methoxy groups -OCH3 is 1. The van der Waals surface area contributed by atoms with Crippen LogP contribution in [0.25, 0.3) is 0 Å². The number of aliphatic carboxylic acids is 1. The number of fused-ring (bicyclic) bond motifs is 1. The molecule has 0 bridgehead atoms. The Bertz CT molecular complexity index is 828. The van der Waals surface area contributed by atoms with Gasteiger partial charge in [-0.2, -0.15) is 0 Å². The molecule has 0 fully saturated rings. The molecule has 1 aliphatic rings. The fourth-order valence-corrected chi connectivity index (χ4v) is 5.94. The van der Waals surface area contributed by atoms with Gasteiger partial charge >= 0.3 is 5.97 Å². The highest BCUT2D eigenvalue weighted by Gasteiger charge is 2.40. The maximum atomic E-state index is 11.8. The van der Waals surface area contributed by atoms with E-state index in [1.165, 1.54) is 44.1 Å². The first kappa shape index (κ1) is 29.5. The van der Waals surface area contributed by atoms with Gasteiger partial charge in [-0.1, -0.05) is 72.6 Å². The monoisotopic (exact) mass is 488 g/mol. The first-order chi connectivity index (χ1) is 16.5. The summed E-state index contributed by atoms with van der Waals surface area (Å²) in [5.74, 6) is 3.36. The highest BCUT2D eigenvalue weighted by Crippen LogP contribution is 2.46. The third-order valence-corrected chi connectivity index (χ3v) is 8.34. The molecule has 0 radical (unpaired) electrons. The first-order valence-corrected chi connectivity index (χ1v) is 14.1. The lowest BCUT2D eigenvalue weighted by Crippen LogP contribution is -2.42. The zero-order valence-electron chi connectivity index (χ0n) is 23.9. The molecule has 2 rings (SSSR count). The van der Waals surface area contributed by atoms with Crippen molar-refractivity contribution in [2.45, 2.75) is 131 Å². The largest absolute Gasteiger partial charge is 0.496 e. The Labute approximate surface area is 215 Å². The normalized spacial score (nSPS) is 19.2. The molecule has 4 nitrogen and oxygen atoms in total. The first-order valence-electron chi connectivity index (χ1n) is 14.1. The Morgan fingerprint density at radius 2 is 1.49 bits per heavy atom. The predicted molar refractivity (Wildman–Crippen MR) is 146 cm³/mol. The molecular weight excluding hydrogens is 436 g/mol. The Morgan fingerprint density at radius 1 is 0.914 bits per heavy atom. The van der Waals surface area contributed by atoms with Crippen molar-refractivity contribution in [1.29, 1.82) is 0 Å². The van der Waals surface area contributed by atoms with E-state index in [1.54, 1.807) is 7.11 Å². The summed E-state index contributed by atoms with van der Waals surface area (Å²) in [6, 6.07) is 0. The summed E-state index contributed by atoms with van der Waals surface area (Å²) < 4.78 is 12.3. The molecule has 4 heteroatoms. The molecule has 0 saturated carbocycles. The molecule has 200 valence electrons. The fraction of sp³-hybridized carbons (Fsp3) is 0.774. The van der Waals surface area contributed by atoms with E-state index in [1.807, 2.05) is 0 Å². The molecule has 0 saturated heterocycles. The van der Waals surface area contributed by atoms with Gasteiger partial charge in [0.1, 0.15) is 17.1 Å². The molecule has 35 heavy (non-hydrogen) atoms. The van der Waals surface area contributed by atoms with E-state index in [0.717, 1.165) is 72.1 Å². The number of carboxylic acids is 1. The van der Waals surface area contributed by atoms with Crippen molar-refractivity contribution in [1.82, 2.24) is 0 Å². The molecule has 1 heterocycles. The number of carbonyl (C=O) groups is 1. The van der Waals surface area contributed by atoms with E-state index in [-0.39, 0.29) is 6.42 Å². The van der Waals surface area contributed by atoms with E-state index in [9.17, 15) is 9.90 Å². The van der Waals surface area contributed by atoms with E-state index < -0.39 is 11.6 Å². The predicted octanol–water partition coefficient (Wildman–Crippen LogP) is 8.60. The molecule has 1 aliphatic heterocycles. The zero-order chi connectivity index (χ0) is 26.2. The van der Waals surface area contributed by atoms with Crippen molar-refractivity contribution in [3.8, 4) is 11.5 Å². The number of carboxylic acid groups (broad SMARTS) is 1. The van der Waals surface area contributed by atoms with Gasteiger partial charge in [-0.3, -0.25) is 4.79 Å². The van der Waals surface area contributed by atoms with Gasteiger partial charge in [0.2, 0.25) is 0 Å². The van der Waals surface area contributed by atoms with Gasteiger partial charge in [0.25, 0.3) is 0 Å². The molecule has 0 aromatic heterocycles. The number of hydrogen-bond acceptors (Lipinski definition) is 3. The second-order valence-electron chi connectivity index (χ2n) is 11.9. The van der Waals surface area contributed by atoms with Crippen LogP contribution in [-0.4, -0.2) is 23.8 Å². The van der Waals surface area contributed by atoms with Crippen molar-refractivity contribution in [2.75, 3.05) is 7.11 Å². The van der Waals surface area contributed by atoms with Crippen LogP contribution in [0.4, 0.5) is 0 Å². The van der Waals surface area contributed by atoms with Gasteiger partial charge in [-0.05, 0) is 80.9 Å². The summed E-state index contributed by atoms with van der Waals surface area (Å²) in [5, 5.41) is 9.71. The minimum absolute atomic E-state index is 0.0677. The SMILES string of the molecule is COc1c(C)c(C)c2c(c1C)CC[C@](CCC[C@H](C)CCC[C@H](C)CCCC(C)C)(CC(=O)O)O2. The molecule has 0 unspecified atom stereocenters. The number of ether oxygens (including phenoxy) is 2. The van der Waals surface area contributed by atoms with E-state index in [2.05, 4.69) is 48.5 Å². The van der Waals surface area contributed by atoms with Crippen LogP contribution in [0.3, 0.4) is 0 Å². The Hall–Kier alpha value is -1.71. The van der Waals surface area contributed by atoms with Crippen LogP contribution < -0.4 is 9.47 Å². The van der Waals surface area contributed by atoms with Crippen LogP contribution in [0.15, 0.2) is 0 Å². The maximum absolute atomic E-state index is 11.8. The van der Waals surface area contributed by atoms with Gasteiger partial charge in [-0.15, -0.1) is 0 Å². The third-order valence-electron chi connectivity index (χ3n) is 8.34. The van der Waals surface area contributed by atoms with E-state index >= 15 is 0 Å². The van der Waals surface area contributed by atoms with Crippen molar-refractivity contribution in [3.05, 3.63) is 22.3 Å². The number of rotatable bonds is 15. The summed E-state index contributed by atoms with van der Waals surface area (Å²) in [4.78, 5) is 11.8. The van der Waals surface area contributed by atoms with Crippen molar-refractivity contribution < 1.29 is 19.4 Å². The molecular formula is C31H52O4. The van der Waals surface area contributed by atoms with Crippen LogP contribution in [0.5, 0.6) is 11.5 Å². The lowest BCUT2D eigenvalue weighted by atomic mass is 9.81. The minimum Gasteiger partial charge on any atom is -0.496 e. The highest BCUT2D eigenvalue weighted by molar-refractivity contribution is 5.69. The van der Waals surface area contributed by atoms with E-state index in [0.29, 0.717) is 5.92 Å². The average Bonchev–Trinajstić information content (AvgIpc) is 2.77. The molecule has 3 atom stereocenters. The summed E-state index contributed by atoms with van der Waals surface area (Å²) >= 11 is 0. The van der Waals surface area contributed by atoms with Crippen molar-refractivity contribution >= 4 is 5.97 Å². The summed E-state index contributed by atoms with van der Waals surface area (Å²) in [6.45, 7) is 15.6. The Morgan fingerprint density at radius 3 is 2.03 bits per heavy atom. The average molecular weight is 489 g/mol. The second-order valence-corrected chi connectivity index (χ2v) is 11.9. The molecule has 0 amide bonds. The standard InChI is InChI=1S/C31H52O4/c1-21(2)12-9-13-22(3)14-10-15-23(4)16-11-18-31(20-28(32)33)19-17-27-26(7)29(34-8)24(5)25(6)30(27)35-31/h21-23H,9-20H2,1-8H3,(H,32,33)/t22-,23-,31-/m1/s1. The third kappa shape index (κ3) is 8.43. The molecule has 1 aromatic carbocycles. The van der Waals surface area contributed by atoms with Crippen LogP contribution in [0.2, 0.25) is 0 Å². The quantitative estimate of drug-likeness (QED) is 0.268. The maximum Gasteiger partial charge on any atom is 0.307 e. The topological polar surface area (TPSA) is 55.8 Å². The van der Waals surface area contributed by atoms with Gasteiger partial charge in [0.15, 0.2) is 0 Å². The van der Waals surface area contributed by atoms with Crippen molar-refractivity contribution in [2.24, 2.45) is 17.8 Å². The zero-order valence-corrected chi connectivity index (χ0v) is 23.9. The number of benzene rings is 1. The number of hydrogen-bond donors (Lipinski definition) is 1. The van der Waals surface area contributed by atoms with Crippen molar-refractivity contribution in [3.63, 3.8) is 0 Å². The van der Waals surface area contributed by atoms with E-state index in [4.69, 9.17) is 9.47 Å². The lowest BCUT2D eigenvalue weighted by Gasteiger charge is -2.40. The molecule has 0 spiro atoms. The van der Waals surface area contributed by atoms with Gasteiger partial charge in [0.05, 0.1) is 13.5 Å². The smallest absolute Gasteiger partial charge is 0.307 e. The van der Waals surface area contributed by atoms with Crippen LogP contribution in [0.1, 0.15) is 121 Å². The molecule has 0 aliphatic carbocycles. The molecule has 1 aromatic rings. The lowest BCUT2D eigenvalue weighted by molar-refractivity contribution is -0.142. The summed E-state index contributed by atoms with van der Waals surface area (Å²) in [7, 11) is 1.72.